The van der Waals surface area contributed by atoms with E-state index < -0.39 is 0 Å². The second kappa shape index (κ2) is 8.27. The van der Waals surface area contributed by atoms with Crippen LogP contribution in [0.25, 0.3) is 16.1 Å². The van der Waals surface area contributed by atoms with Gasteiger partial charge < -0.3 is 10.1 Å². The summed E-state index contributed by atoms with van der Waals surface area (Å²) in [5.74, 6) is -0.300. The number of aromatic nitrogens is 1. The normalized spacial score (nSPS) is 13.2. The number of rotatable bonds is 6. The molecule has 0 aromatic carbocycles. The van der Waals surface area contributed by atoms with Crippen molar-refractivity contribution in [2.45, 2.75) is 26.2 Å². The summed E-state index contributed by atoms with van der Waals surface area (Å²) < 4.78 is 5.25. The van der Waals surface area contributed by atoms with Gasteiger partial charge in [0.2, 0.25) is 0 Å². The fraction of sp³-hybridized carbons (Fsp3) is 0.250. The van der Waals surface area contributed by atoms with E-state index in [1.807, 2.05) is 22.9 Å². The highest BCUT2D eigenvalue weighted by molar-refractivity contribution is 7.17. The van der Waals surface area contributed by atoms with Crippen LogP contribution < -0.4 is 5.32 Å². The summed E-state index contributed by atoms with van der Waals surface area (Å²) in [5.41, 5.74) is 3.02. The van der Waals surface area contributed by atoms with E-state index in [4.69, 9.17) is 4.74 Å². The van der Waals surface area contributed by atoms with Crippen LogP contribution in [0.4, 0.5) is 5.00 Å². The number of carbonyl (C=O) groups excluding carboxylic acids is 1. The van der Waals surface area contributed by atoms with Crippen LogP contribution in [0.3, 0.4) is 0 Å². The van der Waals surface area contributed by atoms with Gasteiger partial charge in [0.25, 0.3) is 0 Å². The Morgan fingerprint density at radius 3 is 3.07 bits per heavy atom. The van der Waals surface area contributed by atoms with Gasteiger partial charge in [0.15, 0.2) is 0 Å². The van der Waals surface area contributed by atoms with Crippen LogP contribution in [0.1, 0.15) is 39.2 Å². The highest BCUT2D eigenvalue weighted by Crippen LogP contribution is 2.40. The minimum atomic E-state index is -0.300. The first kappa shape index (κ1) is 18.9. The maximum Gasteiger partial charge on any atom is 0.341 e. The third-order valence-corrected chi connectivity index (χ3v) is 7.37. The molecular weight excluding hydrogens is 410 g/mol. The summed E-state index contributed by atoms with van der Waals surface area (Å²) in [6.07, 6.45) is 4.59. The maximum absolute atomic E-state index is 12.5. The van der Waals surface area contributed by atoms with Crippen molar-refractivity contribution in [3.05, 3.63) is 50.1 Å². The molecule has 28 heavy (non-hydrogen) atoms. The van der Waals surface area contributed by atoms with Crippen LogP contribution in [0.15, 0.2) is 29.1 Å². The van der Waals surface area contributed by atoms with Gasteiger partial charge in [-0.1, -0.05) is 6.07 Å². The van der Waals surface area contributed by atoms with Gasteiger partial charge in [-0.2, -0.15) is 5.26 Å². The summed E-state index contributed by atoms with van der Waals surface area (Å²) in [5, 5.41) is 18.1. The molecule has 0 atom stereocenters. The summed E-state index contributed by atoms with van der Waals surface area (Å²) in [7, 11) is 0. The number of thiazole rings is 1. The average Bonchev–Trinajstić information content (AvgIpc) is 3.45. The monoisotopic (exact) mass is 427 g/mol. The Labute approximate surface area is 174 Å². The Hall–Kier alpha value is -2.47. The lowest BCUT2D eigenvalue weighted by molar-refractivity contribution is 0.0527. The van der Waals surface area contributed by atoms with E-state index in [2.05, 4.69) is 16.4 Å². The van der Waals surface area contributed by atoms with E-state index in [0.29, 0.717) is 22.8 Å². The molecule has 0 fully saturated rings. The number of nitriles is 1. The lowest BCUT2D eigenvalue weighted by Crippen LogP contribution is -2.08. The van der Waals surface area contributed by atoms with Gasteiger partial charge in [0, 0.05) is 16.5 Å². The van der Waals surface area contributed by atoms with E-state index >= 15 is 0 Å². The quantitative estimate of drug-likeness (QED) is 0.411. The maximum atomic E-state index is 12.5. The lowest BCUT2D eigenvalue weighted by Gasteiger charge is -2.06. The van der Waals surface area contributed by atoms with Gasteiger partial charge in [-0.25, -0.2) is 9.78 Å². The molecule has 0 saturated carbocycles. The smallest absolute Gasteiger partial charge is 0.341 e. The zero-order chi connectivity index (χ0) is 19.5. The van der Waals surface area contributed by atoms with Crippen LogP contribution in [0, 0.1) is 11.3 Å². The van der Waals surface area contributed by atoms with Crippen LogP contribution >= 0.6 is 34.0 Å². The topological polar surface area (TPSA) is 75.0 Å². The van der Waals surface area contributed by atoms with Crippen LogP contribution in [0.2, 0.25) is 0 Å². The van der Waals surface area contributed by atoms with Gasteiger partial charge in [-0.15, -0.1) is 34.0 Å². The number of fused-ring (bicyclic) bond motifs is 1. The van der Waals surface area contributed by atoms with Crippen LogP contribution in [-0.2, 0) is 17.6 Å². The van der Waals surface area contributed by atoms with E-state index in [0.717, 1.165) is 40.4 Å². The number of hydrogen-bond donors (Lipinski definition) is 1. The van der Waals surface area contributed by atoms with Crippen molar-refractivity contribution < 1.29 is 9.53 Å². The standard InChI is InChI=1S/C20H17N3O2S3/c1-2-25-20(24)17-13-5-3-6-15(13)28-19(17)22-10-12(9-21)18-23-14(11-27-18)16-7-4-8-26-16/h4,7-8,10-11,22H,2-3,5-6H2,1H3. The van der Waals surface area contributed by atoms with Gasteiger partial charge >= 0.3 is 5.97 Å². The van der Waals surface area contributed by atoms with Gasteiger partial charge in [0.05, 0.1) is 22.7 Å². The Morgan fingerprint density at radius 2 is 2.32 bits per heavy atom. The van der Waals surface area contributed by atoms with Crippen molar-refractivity contribution in [2.24, 2.45) is 0 Å². The van der Waals surface area contributed by atoms with Gasteiger partial charge in [-0.3, -0.25) is 0 Å². The molecule has 0 aliphatic heterocycles. The third kappa shape index (κ3) is 3.61. The first-order valence-corrected chi connectivity index (χ1v) is 11.5. The van der Waals surface area contributed by atoms with Crippen molar-refractivity contribution in [1.82, 2.24) is 4.98 Å². The first-order chi connectivity index (χ1) is 13.7. The molecule has 1 aliphatic carbocycles. The molecule has 3 heterocycles. The van der Waals surface area contributed by atoms with E-state index in [1.165, 1.54) is 16.2 Å². The summed E-state index contributed by atoms with van der Waals surface area (Å²) >= 11 is 4.63. The number of anilines is 1. The van der Waals surface area contributed by atoms with Gasteiger partial charge in [-0.05, 0) is 43.2 Å². The molecule has 0 amide bonds. The van der Waals surface area contributed by atoms with Gasteiger partial charge in [0.1, 0.15) is 21.7 Å². The Balaban J connectivity index is 1.61. The van der Waals surface area contributed by atoms with Crippen molar-refractivity contribution in [2.75, 3.05) is 11.9 Å². The zero-order valence-electron chi connectivity index (χ0n) is 15.2. The SMILES string of the molecule is CCOC(=O)c1c(NC=C(C#N)c2nc(-c3cccs3)cs2)sc2c1CCC2. The molecule has 1 aliphatic rings. The Bertz CT molecular complexity index is 1070. The summed E-state index contributed by atoms with van der Waals surface area (Å²) in [4.78, 5) is 19.3. The number of aryl methyl sites for hydroxylation is 1. The number of ether oxygens (including phenoxy) is 1. The number of hydrogen-bond acceptors (Lipinski definition) is 8. The molecule has 0 unspecified atom stereocenters. The molecule has 0 spiro atoms. The minimum Gasteiger partial charge on any atom is -0.462 e. The minimum absolute atomic E-state index is 0.300. The number of esters is 1. The molecule has 0 radical (unpaired) electrons. The fourth-order valence-electron chi connectivity index (χ4n) is 3.14. The third-order valence-electron chi connectivity index (χ3n) is 4.38. The predicted molar refractivity (Wildman–Crippen MR) is 115 cm³/mol. The van der Waals surface area contributed by atoms with Crippen LogP contribution in [-0.4, -0.2) is 17.6 Å². The molecule has 4 rings (SSSR count). The highest BCUT2D eigenvalue weighted by atomic mass is 32.1. The number of thiophene rings is 2. The number of allylic oxidation sites excluding steroid dienone is 1. The zero-order valence-corrected chi connectivity index (χ0v) is 17.6. The summed E-state index contributed by atoms with van der Waals surface area (Å²) in [6.45, 7) is 2.14. The molecule has 142 valence electrons. The van der Waals surface area contributed by atoms with Crippen molar-refractivity contribution in [1.29, 1.82) is 5.26 Å². The second-order valence-electron chi connectivity index (χ2n) is 6.11. The van der Waals surface area contributed by atoms with E-state index in [1.54, 1.807) is 35.8 Å². The van der Waals surface area contributed by atoms with Crippen molar-refractivity contribution >= 4 is 50.6 Å². The van der Waals surface area contributed by atoms with E-state index in [-0.39, 0.29) is 5.97 Å². The number of carbonyl (C=O) groups is 1. The molecule has 8 heteroatoms. The molecular formula is C20H17N3O2S3. The Morgan fingerprint density at radius 1 is 1.43 bits per heavy atom. The molecule has 5 nitrogen and oxygen atoms in total. The van der Waals surface area contributed by atoms with Crippen molar-refractivity contribution in [3.63, 3.8) is 0 Å². The first-order valence-electron chi connectivity index (χ1n) is 8.89. The van der Waals surface area contributed by atoms with Crippen LogP contribution in [0.5, 0.6) is 0 Å². The number of nitrogens with zero attached hydrogens (tertiary/aromatic N) is 2. The largest absolute Gasteiger partial charge is 0.462 e. The molecule has 3 aromatic rings. The molecule has 0 saturated heterocycles. The van der Waals surface area contributed by atoms with Crippen molar-refractivity contribution in [3.8, 4) is 16.6 Å². The Kier molecular flexibility index (Phi) is 5.57. The summed E-state index contributed by atoms with van der Waals surface area (Å²) in [6, 6.07) is 6.20. The number of nitrogens with one attached hydrogen (secondary N) is 1. The predicted octanol–water partition coefficient (Wildman–Crippen LogP) is 5.58. The average molecular weight is 428 g/mol. The molecule has 1 N–H and O–H groups in total. The second-order valence-corrected chi connectivity index (χ2v) is 9.02. The molecule has 3 aromatic heterocycles. The molecule has 0 bridgehead atoms. The highest BCUT2D eigenvalue weighted by Gasteiger charge is 2.27. The van der Waals surface area contributed by atoms with E-state index in [9.17, 15) is 10.1 Å². The fourth-order valence-corrected chi connectivity index (χ4v) is 5.93. The lowest BCUT2D eigenvalue weighted by atomic mass is 10.1.